The van der Waals surface area contributed by atoms with Gasteiger partial charge in [0.15, 0.2) is 0 Å². The summed E-state index contributed by atoms with van der Waals surface area (Å²) in [6.07, 6.45) is 1.23. The first-order valence-electron chi connectivity index (χ1n) is 7.25. The monoisotopic (exact) mass is 262 g/mol. The van der Waals surface area contributed by atoms with Crippen LogP contribution >= 0.6 is 0 Å². The van der Waals surface area contributed by atoms with Crippen molar-refractivity contribution >= 4 is 0 Å². The molecular formula is C16H26N2O. The van der Waals surface area contributed by atoms with E-state index in [4.69, 9.17) is 5.73 Å². The third kappa shape index (κ3) is 3.35. The molecule has 1 fully saturated rings. The molecule has 2 rings (SSSR count). The molecule has 2 unspecified atom stereocenters. The normalized spacial score (nSPS) is 23.7. The highest BCUT2D eigenvalue weighted by Gasteiger charge is 2.34. The first-order valence-corrected chi connectivity index (χ1v) is 7.25. The lowest BCUT2D eigenvalue weighted by molar-refractivity contribution is 0.0118. The molecule has 3 heteroatoms. The van der Waals surface area contributed by atoms with E-state index in [0.717, 1.165) is 24.6 Å². The Hall–Kier alpha value is -0.900. The van der Waals surface area contributed by atoms with Crippen molar-refractivity contribution in [2.24, 2.45) is 17.6 Å². The van der Waals surface area contributed by atoms with Crippen LogP contribution in [0.15, 0.2) is 30.3 Å². The fraction of sp³-hybridized carbons (Fsp3) is 0.625. The van der Waals surface area contributed by atoms with Crippen LogP contribution in [0.3, 0.4) is 0 Å². The minimum atomic E-state index is -0.923. The van der Waals surface area contributed by atoms with E-state index in [1.54, 1.807) is 0 Å². The van der Waals surface area contributed by atoms with Crippen molar-refractivity contribution in [2.75, 3.05) is 26.2 Å². The molecular weight excluding hydrogens is 236 g/mol. The van der Waals surface area contributed by atoms with Crippen LogP contribution in [0, 0.1) is 11.8 Å². The number of aliphatic hydroxyl groups is 1. The highest BCUT2D eigenvalue weighted by atomic mass is 16.3. The van der Waals surface area contributed by atoms with E-state index in [1.807, 2.05) is 30.3 Å². The molecule has 2 atom stereocenters. The Bertz CT molecular complexity index is 393. The van der Waals surface area contributed by atoms with Crippen molar-refractivity contribution in [3.05, 3.63) is 35.9 Å². The topological polar surface area (TPSA) is 49.5 Å². The summed E-state index contributed by atoms with van der Waals surface area (Å²) in [4.78, 5) is 2.35. The van der Waals surface area contributed by atoms with E-state index in [-0.39, 0.29) is 6.54 Å². The van der Waals surface area contributed by atoms with Crippen molar-refractivity contribution in [1.82, 2.24) is 4.90 Å². The highest BCUT2D eigenvalue weighted by Crippen LogP contribution is 2.28. The van der Waals surface area contributed by atoms with Crippen LogP contribution in [0.1, 0.15) is 25.8 Å². The lowest BCUT2D eigenvalue weighted by Crippen LogP contribution is -2.45. The van der Waals surface area contributed by atoms with Crippen molar-refractivity contribution in [3.63, 3.8) is 0 Å². The molecule has 0 bridgehead atoms. The SMILES string of the molecule is CC(C)C1CCN(CC(O)(CN)c2ccccc2)C1. The molecule has 3 N–H and O–H groups in total. The second-order valence-electron chi connectivity index (χ2n) is 6.13. The van der Waals surface area contributed by atoms with Gasteiger partial charge in [0.1, 0.15) is 5.60 Å². The van der Waals surface area contributed by atoms with Gasteiger partial charge in [-0.3, -0.25) is 4.90 Å². The largest absolute Gasteiger partial charge is 0.382 e. The Kier molecular flexibility index (Phi) is 4.61. The lowest BCUT2D eigenvalue weighted by Gasteiger charge is -2.32. The number of hydrogen-bond acceptors (Lipinski definition) is 3. The molecule has 1 heterocycles. The molecule has 0 aliphatic carbocycles. The molecule has 3 nitrogen and oxygen atoms in total. The molecule has 0 saturated carbocycles. The van der Waals surface area contributed by atoms with Crippen LogP contribution in [0.2, 0.25) is 0 Å². The Balaban J connectivity index is 2.04. The Morgan fingerprint density at radius 2 is 2.05 bits per heavy atom. The Morgan fingerprint density at radius 3 is 2.58 bits per heavy atom. The van der Waals surface area contributed by atoms with Gasteiger partial charge in [0.05, 0.1) is 0 Å². The quantitative estimate of drug-likeness (QED) is 0.851. The van der Waals surface area contributed by atoms with Crippen LogP contribution < -0.4 is 5.73 Å². The van der Waals surface area contributed by atoms with E-state index in [2.05, 4.69) is 18.7 Å². The van der Waals surface area contributed by atoms with Gasteiger partial charge in [-0.25, -0.2) is 0 Å². The summed E-state index contributed by atoms with van der Waals surface area (Å²) in [5, 5.41) is 10.8. The average Bonchev–Trinajstić information content (AvgIpc) is 2.88. The van der Waals surface area contributed by atoms with Gasteiger partial charge < -0.3 is 10.8 Å². The second kappa shape index (κ2) is 6.04. The number of nitrogens with two attached hydrogens (primary N) is 1. The van der Waals surface area contributed by atoms with E-state index in [0.29, 0.717) is 12.5 Å². The number of likely N-dealkylation sites (tertiary alicyclic amines) is 1. The molecule has 1 aromatic rings. The molecule has 1 saturated heterocycles. The third-order valence-corrected chi connectivity index (χ3v) is 4.39. The first-order chi connectivity index (χ1) is 9.05. The summed E-state index contributed by atoms with van der Waals surface area (Å²) in [6, 6.07) is 9.80. The van der Waals surface area contributed by atoms with Crippen molar-refractivity contribution in [3.8, 4) is 0 Å². The van der Waals surface area contributed by atoms with Gasteiger partial charge >= 0.3 is 0 Å². The fourth-order valence-electron chi connectivity index (χ4n) is 2.94. The smallest absolute Gasteiger partial charge is 0.114 e. The van der Waals surface area contributed by atoms with Crippen LogP contribution in [0.4, 0.5) is 0 Å². The molecule has 0 amide bonds. The average molecular weight is 262 g/mol. The van der Waals surface area contributed by atoms with Gasteiger partial charge in [-0.2, -0.15) is 0 Å². The predicted molar refractivity (Wildman–Crippen MR) is 78.8 cm³/mol. The first kappa shape index (κ1) is 14.5. The molecule has 0 spiro atoms. The van der Waals surface area contributed by atoms with Crippen LogP contribution in [-0.4, -0.2) is 36.2 Å². The van der Waals surface area contributed by atoms with Crippen molar-refractivity contribution in [1.29, 1.82) is 0 Å². The Morgan fingerprint density at radius 1 is 1.37 bits per heavy atom. The number of benzene rings is 1. The summed E-state index contributed by atoms with van der Waals surface area (Å²) in [5.41, 5.74) is 5.83. The number of β-amino-alcohol motifs (C(OH)–C–C–N with tert-alkyl or cyclic N) is 1. The summed E-state index contributed by atoms with van der Waals surface area (Å²) >= 11 is 0. The number of rotatable bonds is 5. The van der Waals surface area contributed by atoms with E-state index in [9.17, 15) is 5.11 Å². The zero-order valence-electron chi connectivity index (χ0n) is 12.0. The maximum atomic E-state index is 10.8. The Labute approximate surface area is 116 Å². The standard InChI is InChI=1S/C16H26N2O/c1-13(2)14-8-9-18(10-14)12-16(19,11-17)15-6-4-3-5-7-15/h3-7,13-14,19H,8-12,17H2,1-2H3. The van der Waals surface area contributed by atoms with Gasteiger partial charge in [0, 0.05) is 19.6 Å². The molecule has 0 aromatic heterocycles. The van der Waals surface area contributed by atoms with Crippen LogP contribution in [0.5, 0.6) is 0 Å². The number of nitrogens with zero attached hydrogens (tertiary/aromatic N) is 1. The predicted octanol–water partition coefficient (Wildman–Crippen LogP) is 1.81. The highest BCUT2D eigenvalue weighted by molar-refractivity contribution is 5.23. The molecule has 1 aromatic carbocycles. The van der Waals surface area contributed by atoms with Gasteiger partial charge in [-0.1, -0.05) is 44.2 Å². The van der Waals surface area contributed by atoms with E-state index < -0.39 is 5.60 Å². The molecule has 1 aliphatic rings. The summed E-state index contributed by atoms with van der Waals surface area (Å²) in [5.74, 6) is 1.46. The zero-order chi connectivity index (χ0) is 13.9. The van der Waals surface area contributed by atoms with Crippen molar-refractivity contribution < 1.29 is 5.11 Å². The molecule has 19 heavy (non-hydrogen) atoms. The van der Waals surface area contributed by atoms with Crippen LogP contribution in [0.25, 0.3) is 0 Å². The molecule has 0 radical (unpaired) electrons. The van der Waals surface area contributed by atoms with E-state index >= 15 is 0 Å². The van der Waals surface area contributed by atoms with Gasteiger partial charge in [-0.05, 0) is 30.4 Å². The third-order valence-electron chi connectivity index (χ3n) is 4.39. The minimum Gasteiger partial charge on any atom is -0.382 e. The second-order valence-corrected chi connectivity index (χ2v) is 6.13. The van der Waals surface area contributed by atoms with Gasteiger partial charge in [0.25, 0.3) is 0 Å². The molecule has 1 aliphatic heterocycles. The maximum absolute atomic E-state index is 10.8. The lowest BCUT2D eigenvalue weighted by atomic mass is 9.93. The number of hydrogen-bond donors (Lipinski definition) is 2. The minimum absolute atomic E-state index is 0.264. The molecule has 106 valence electrons. The summed E-state index contributed by atoms with van der Waals surface area (Å²) in [7, 11) is 0. The zero-order valence-corrected chi connectivity index (χ0v) is 12.0. The van der Waals surface area contributed by atoms with Crippen LogP contribution in [-0.2, 0) is 5.60 Å². The van der Waals surface area contributed by atoms with E-state index in [1.165, 1.54) is 6.42 Å². The van der Waals surface area contributed by atoms with Crippen molar-refractivity contribution in [2.45, 2.75) is 25.9 Å². The maximum Gasteiger partial charge on any atom is 0.114 e. The summed E-state index contributed by atoms with van der Waals surface area (Å²) < 4.78 is 0. The summed E-state index contributed by atoms with van der Waals surface area (Å²) in [6.45, 7) is 7.60. The van der Waals surface area contributed by atoms with Gasteiger partial charge in [0.2, 0.25) is 0 Å². The van der Waals surface area contributed by atoms with Gasteiger partial charge in [-0.15, -0.1) is 0 Å². The fourth-order valence-corrected chi connectivity index (χ4v) is 2.94.